The van der Waals surface area contributed by atoms with Crippen molar-refractivity contribution >= 4 is 11.8 Å². The molecule has 0 spiro atoms. The first kappa shape index (κ1) is 11.5. The van der Waals surface area contributed by atoms with Crippen LogP contribution in [0.25, 0.3) is 0 Å². The number of hydrogen-bond donors (Lipinski definition) is 3. The molecule has 0 aliphatic heterocycles. The molecule has 15 heavy (non-hydrogen) atoms. The van der Waals surface area contributed by atoms with Crippen molar-refractivity contribution < 1.29 is 4.79 Å². The number of nitrogens with zero attached hydrogens (tertiary/aromatic N) is 2. The molecule has 0 aliphatic rings. The van der Waals surface area contributed by atoms with E-state index in [0.717, 1.165) is 0 Å². The van der Waals surface area contributed by atoms with Gasteiger partial charge in [-0.05, 0) is 13.8 Å². The molecule has 1 aromatic rings. The van der Waals surface area contributed by atoms with Crippen LogP contribution in [0.5, 0.6) is 0 Å². The predicted octanol–water partition coefficient (Wildman–Crippen LogP) is 0.279. The Hall–Kier alpha value is -1.56. The molecule has 0 saturated heterocycles. The molecule has 0 fully saturated rings. The minimum Gasteiger partial charge on any atom is -0.332 e. The van der Waals surface area contributed by atoms with Crippen molar-refractivity contribution in [1.29, 1.82) is 0 Å². The highest BCUT2D eigenvalue weighted by Crippen LogP contribution is 2.03. The first-order valence-electron chi connectivity index (χ1n) is 4.72. The van der Waals surface area contributed by atoms with Crippen LogP contribution in [0.4, 0.5) is 10.6 Å². The monoisotopic (exact) mass is 211 g/mol. The Labute approximate surface area is 88.8 Å². The van der Waals surface area contributed by atoms with Crippen LogP contribution < -0.4 is 16.4 Å². The number of anilines is 1. The SMILES string of the molecule is Cn1ccc(NC(=O)NC(C)(C)CN)n1. The molecule has 84 valence electrons. The lowest BCUT2D eigenvalue weighted by Crippen LogP contribution is -2.50. The molecule has 0 unspecified atom stereocenters. The molecule has 6 heteroatoms. The van der Waals surface area contributed by atoms with Crippen LogP contribution in [0.2, 0.25) is 0 Å². The Morgan fingerprint density at radius 2 is 2.33 bits per heavy atom. The summed E-state index contributed by atoms with van der Waals surface area (Å²) in [6, 6.07) is 1.42. The molecule has 0 aliphatic carbocycles. The van der Waals surface area contributed by atoms with Gasteiger partial charge in [-0.1, -0.05) is 0 Å². The van der Waals surface area contributed by atoms with Crippen LogP contribution in [-0.2, 0) is 7.05 Å². The summed E-state index contributed by atoms with van der Waals surface area (Å²) in [5.74, 6) is 0.517. The first-order chi connectivity index (χ1) is 6.93. The van der Waals surface area contributed by atoms with Gasteiger partial charge in [-0.25, -0.2) is 4.79 Å². The number of urea groups is 1. The Kier molecular flexibility index (Phi) is 3.31. The van der Waals surface area contributed by atoms with E-state index in [1.165, 1.54) is 0 Å². The summed E-state index contributed by atoms with van der Waals surface area (Å²) in [7, 11) is 1.78. The fourth-order valence-electron chi connectivity index (χ4n) is 0.988. The summed E-state index contributed by atoms with van der Waals surface area (Å²) in [6.45, 7) is 4.08. The molecule has 4 N–H and O–H groups in total. The van der Waals surface area contributed by atoms with Gasteiger partial charge in [0, 0.05) is 31.4 Å². The summed E-state index contributed by atoms with van der Waals surface area (Å²) < 4.78 is 1.61. The van der Waals surface area contributed by atoms with E-state index in [4.69, 9.17) is 5.73 Å². The molecule has 2 amide bonds. The Bertz CT molecular complexity index is 344. The van der Waals surface area contributed by atoms with E-state index in [-0.39, 0.29) is 6.03 Å². The fraction of sp³-hybridized carbons (Fsp3) is 0.556. The third kappa shape index (κ3) is 3.59. The summed E-state index contributed by atoms with van der Waals surface area (Å²) in [4.78, 5) is 11.5. The zero-order chi connectivity index (χ0) is 11.5. The summed E-state index contributed by atoms with van der Waals surface area (Å²) in [5, 5.41) is 9.37. The van der Waals surface area contributed by atoms with Crippen molar-refractivity contribution in [1.82, 2.24) is 15.1 Å². The van der Waals surface area contributed by atoms with Crippen LogP contribution >= 0.6 is 0 Å². The molecule has 0 bridgehead atoms. The smallest absolute Gasteiger partial charge is 0.320 e. The summed E-state index contributed by atoms with van der Waals surface area (Å²) in [5.41, 5.74) is 5.07. The van der Waals surface area contributed by atoms with E-state index in [9.17, 15) is 4.79 Å². The lowest BCUT2D eigenvalue weighted by atomic mass is 10.1. The number of amides is 2. The van der Waals surface area contributed by atoms with E-state index in [2.05, 4.69) is 15.7 Å². The van der Waals surface area contributed by atoms with Gasteiger partial charge in [-0.15, -0.1) is 0 Å². The lowest BCUT2D eigenvalue weighted by molar-refractivity contribution is 0.242. The van der Waals surface area contributed by atoms with Gasteiger partial charge < -0.3 is 11.1 Å². The molecule has 1 rings (SSSR count). The third-order valence-electron chi connectivity index (χ3n) is 1.92. The fourth-order valence-corrected chi connectivity index (χ4v) is 0.988. The third-order valence-corrected chi connectivity index (χ3v) is 1.92. The van der Waals surface area contributed by atoms with Crippen molar-refractivity contribution in [3.05, 3.63) is 12.3 Å². The van der Waals surface area contributed by atoms with Gasteiger partial charge in [0.25, 0.3) is 0 Å². The Balaban J connectivity index is 2.50. The molecule has 6 nitrogen and oxygen atoms in total. The van der Waals surface area contributed by atoms with Gasteiger partial charge in [-0.2, -0.15) is 5.10 Å². The van der Waals surface area contributed by atoms with Gasteiger partial charge >= 0.3 is 6.03 Å². The first-order valence-corrected chi connectivity index (χ1v) is 4.72. The van der Waals surface area contributed by atoms with Gasteiger partial charge in [0.1, 0.15) is 0 Å². The normalized spacial score (nSPS) is 11.2. The second-order valence-electron chi connectivity index (χ2n) is 4.04. The number of hydrogen-bond acceptors (Lipinski definition) is 3. The number of carbonyl (C=O) groups excluding carboxylic acids is 1. The van der Waals surface area contributed by atoms with Crippen LogP contribution in [0.15, 0.2) is 12.3 Å². The van der Waals surface area contributed by atoms with Crippen molar-refractivity contribution in [2.75, 3.05) is 11.9 Å². The molecular weight excluding hydrogens is 194 g/mol. The Morgan fingerprint density at radius 3 is 2.80 bits per heavy atom. The van der Waals surface area contributed by atoms with E-state index in [1.807, 2.05) is 13.8 Å². The van der Waals surface area contributed by atoms with Gasteiger partial charge in [0.05, 0.1) is 0 Å². The number of carbonyl (C=O) groups is 1. The van der Waals surface area contributed by atoms with Crippen molar-refractivity contribution in [3.8, 4) is 0 Å². The molecule has 1 heterocycles. The van der Waals surface area contributed by atoms with E-state index in [0.29, 0.717) is 12.4 Å². The van der Waals surface area contributed by atoms with Crippen LogP contribution in [0, 0.1) is 0 Å². The maximum Gasteiger partial charge on any atom is 0.320 e. The van der Waals surface area contributed by atoms with Crippen LogP contribution in [0.3, 0.4) is 0 Å². The standard InChI is InChI=1S/C9H17N5O/c1-9(2,6-10)12-8(15)11-7-4-5-14(3)13-7/h4-5H,6,10H2,1-3H3,(H2,11,12,13,15). The molecule has 0 radical (unpaired) electrons. The number of rotatable bonds is 3. The highest BCUT2D eigenvalue weighted by molar-refractivity contribution is 5.88. The van der Waals surface area contributed by atoms with Crippen LogP contribution in [0.1, 0.15) is 13.8 Å². The topological polar surface area (TPSA) is 85.0 Å². The quantitative estimate of drug-likeness (QED) is 0.671. The summed E-state index contributed by atoms with van der Waals surface area (Å²) >= 11 is 0. The Morgan fingerprint density at radius 1 is 1.67 bits per heavy atom. The average molecular weight is 211 g/mol. The van der Waals surface area contributed by atoms with Gasteiger partial charge in [0.15, 0.2) is 5.82 Å². The van der Waals surface area contributed by atoms with Crippen molar-refractivity contribution in [2.45, 2.75) is 19.4 Å². The highest BCUT2D eigenvalue weighted by Gasteiger charge is 2.18. The minimum absolute atomic E-state index is 0.302. The number of aryl methyl sites for hydroxylation is 1. The van der Waals surface area contributed by atoms with E-state index >= 15 is 0 Å². The maximum atomic E-state index is 11.5. The molecule has 1 aromatic heterocycles. The van der Waals surface area contributed by atoms with Gasteiger partial charge in [0.2, 0.25) is 0 Å². The average Bonchev–Trinajstić information content (AvgIpc) is 2.50. The van der Waals surface area contributed by atoms with Crippen molar-refractivity contribution in [2.24, 2.45) is 12.8 Å². The molecule has 0 atom stereocenters. The number of nitrogens with two attached hydrogens (primary N) is 1. The van der Waals surface area contributed by atoms with E-state index < -0.39 is 5.54 Å². The second kappa shape index (κ2) is 4.31. The van der Waals surface area contributed by atoms with Gasteiger partial charge in [-0.3, -0.25) is 10.00 Å². The number of nitrogens with one attached hydrogen (secondary N) is 2. The number of aromatic nitrogens is 2. The zero-order valence-corrected chi connectivity index (χ0v) is 9.24. The second-order valence-corrected chi connectivity index (χ2v) is 4.04. The van der Waals surface area contributed by atoms with Crippen LogP contribution in [-0.4, -0.2) is 27.9 Å². The minimum atomic E-state index is -0.418. The molecule has 0 aromatic carbocycles. The molecular formula is C9H17N5O. The van der Waals surface area contributed by atoms with Crippen molar-refractivity contribution in [3.63, 3.8) is 0 Å². The predicted molar refractivity (Wildman–Crippen MR) is 58.5 cm³/mol. The maximum absolute atomic E-state index is 11.5. The molecule has 0 saturated carbocycles. The largest absolute Gasteiger partial charge is 0.332 e. The highest BCUT2D eigenvalue weighted by atomic mass is 16.2. The summed E-state index contributed by atoms with van der Waals surface area (Å²) in [6.07, 6.45) is 1.75. The zero-order valence-electron chi connectivity index (χ0n) is 9.24. The lowest BCUT2D eigenvalue weighted by Gasteiger charge is -2.23. The van der Waals surface area contributed by atoms with E-state index in [1.54, 1.807) is 24.0 Å².